The molecule has 0 bridgehead atoms. The quantitative estimate of drug-likeness (QED) is 0.906. The van der Waals surface area contributed by atoms with Crippen LogP contribution in [0.1, 0.15) is 25.3 Å². The first-order chi connectivity index (χ1) is 9.79. The van der Waals surface area contributed by atoms with Gasteiger partial charge in [0, 0.05) is 6.61 Å². The van der Waals surface area contributed by atoms with Crippen molar-refractivity contribution in [3.63, 3.8) is 0 Å². The Labute approximate surface area is 120 Å². The molecule has 0 aliphatic carbocycles. The van der Waals surface area contributed by atoms with Crippen molar-refractivity contribution in [3.05, 3.63) is 35.9 Å². The summed E-state index contributed by atoms with van der Waals surface area (Å²) in [5, 5.41) is 3.49. The molecule has 20 heavy (non-hydrogen) atoms. The van der Waals surface area contributed by atoms with Gasteiger partial charge in [0.2, 0.25) is 5.91 Å². The standard InChI is InChI=1S/C16H22N2O2/c1-2-15-17-14(10-12-6-4-3-5-7-12)16(19)18(15)13-8-9-20-11-13/h3-7,13-15,17H,2,8-11H2,1H3. The highest BCUT2D eigenvalue weighted by molar-refractivity contribution is 5.85. The molecule has 108 valence electrons. The predicted octanol–water partition coefficient (Wildman–Crippen LogP) is 1.55. The molecule has 0 aromatic heterocycles. The second-order valence-corrected chi connectivity index (χ2v) is 5.60. The molecule has 3 atom stereocenters. The van der Waals surface area contributed by atoms with Gasteiger partial charge in [-0.25, -0.2) is 0 Å². The Morgan fingerprint density at radius 3 is 2.80 bits per heavy atom. The number of hydrogen-bond acceptors (Lipinski definition) is 3. The average Bonchev–Trinajstić information content (AvgIpc) is 3.09. The monoisotopic (exact) mass is 274 g/mol. The van der Waals surface area contributed by atoms with Crippen LogP contribution in [0.25, 0.3) is 0 Å². The van der Waals surface area contributed by atoms with Crippen molar-refractivity contribution in [3.8, 4) is 0 Å². The smallest absolute Gasteiger partial charge is 0.241 e. The number of benzene rings is 1. The SMILES string of the molecule is CCC1NC(Cc2ccccc2)C(=O)N1C1CCOC1. The van der Waals surface area contributed by atoms with Crippen LogP contribution in [-0.4, -0.2) is 42.3 Å². The lowest BCUT2D eigenvalue weighted by Crippen LogP contribution is -2.44. The molecule has 2 saturated heterocycles. The molecule has 1 aromatic carbocycles. The number of amides is 1. The van der Waals surface area contributed by atoms with Crippen molar-refractivity contribution in [2.75, 3.05) is 13.2 Å². The summed E-state index contributed by atoms with van der Waals surface area (Å²) < 4.78 is 5.44. The van der Waals surface area contributed by atoms with E-state index < -0.39 is 0 Å². The van der Waals surface area contributed by atoms with E-state index in [0.29, 0.717) is 6.61 Å². The van der Waals surface area contributed by atoms with E-state index in [1.54, 1.807) is 0 Å². The van der Waals surface area contributed by atoms with Crippen LogP contribution in [-0.2, 0) is 16.0 Å². The fourth-order valence-corrected chi connectivity index (χ4v) is 3.20. The molecule has 2 aliphatic rings. The highest BCUT2D eigenvalue weighted by Gasteiger charge is 2.42. The van der Waals surface area contributed by atoms with Crippen LogP contribution in [0.2, 0.25) is 0 Å². The first-order valence-corrected chi connectivity index (χ1v) is 7.49. The summed E-state index contributed by atoms with van der Waals surface area (Å²) in [6, 6.07) is 10.4. The summed E-state index contributed by atoms with van der Waals surface area (Å²) in [5.74, 6) is 0.233. The number of nitrogens with zero attached hydrogens (tertiary/aromatic N) is 1. The molecule has 0 spiro atoms. The van der Waals surface area contributed by atoms with E-state index in [1.807, 2.05) is 23.1 Å². The van der Waals surface area contributed by atoms with E-state index >= 15 is 0 Å². The molecule has 1 N–H and O–H groups in total. The fourth-order valence-electron chi connectivity index (χ4n) is 3.20. The summed E-state index contributed by atoms with van der Waals surface area (Å²) in [7, 11) is 0. The topological polar surface area (TPSA) is 41.6 Å². The van der Waals surface area contributed by atoms with Gasteiger partial charge in [-0.15, -0.1) is 0 Å². The van der Waals surface area contributed by atoms with Gasteiger partial charge in [-0.05, 0) is 24.8 Å². The number of carbonyl (C=O) groups excluding carboxylic acids is 1. The van der Waals surface area contributed by atoms with E-state index in [2.05, 4.69) is 24.4 Å². The third-order valence-electron chi connectivity index (χ3n) is 4.25. The maximum Gasteiger partial charge on any atom is 0.241 e. The molecule has 1 aromatic rings. The van der Waals surface area contributed by atoms with E-state index in [9.17, 15) is 4.79 Å². The summed E-state index contributed by atoms with van der Waals surface area (Å²) in [6.45, 7) is 3.58. The van der Waals surface area contributed by atoms with Gasteiger partial charge in [0.15, 0.2) is 0 Å². The van der Waals surface area contributed by atoms with E-state index in [0.717, 1.165) is 25.9 Å². The molecule has 0 saturated carbocycles. The minimum Gasteiger partial charge on any atom is -0.379 e. The first kappa shape index (κ1) is 13.6. The fraction of sp³-hybridized carbons (Fsp3) is 0.562. The van der Waals surface area contributed by atoms with E-state index in [1.165, 1.54) is 5.56 Å². The van der Waals surface area contributed by atoms with Gasteiger partial charge < -0.3 is 9.64 Å². The molecule has 3 unspecified atom stereocenters. The predicted molar refractivity (Wildman–Crippen MR) is 77.2 cm³/mol. The third kappa shape index (κ3) is 2.58. The lowest BCUT2D eigenvalue weighted by atomic mass is 10.1. The lowest BCUT2D eigenvalue weighted by Gasteiger charge is -2.28. The normalized spacial score (nSPS) is 30.1. The Hall–Kier alpha value is -1.39. The van der Waals surface area contributed by atoms with Crippen molar-refractivity contribution in [2.24, 2.45) is 0 Å². The van der Waals surface area contributed by atoms with Gasteiger partial charge in [-0.3, -0.25) is 10.1 Å². The molecule has 3 rings (SSSR count). The summed E-state index contributed by atoms with van der Waals surface area (Å²) in [4.78, 5) is 14.7. The second kappa shape index (κ2) is 5.94. The zero-order chi connectivity index (χ0) is 13.9. The van der Waals surface area contributed by atoms with Gasteiger partial charge in [-0.1, -0.05) is 37.3 Å². The Balaban J connectivity index is 1.72. The van der Waals surface area contributed by atoms with E-state index in [4.69, 9.17) is 4.74 Å². The Morgan fingerprint density at radius 1 is 1.35 bits per heavy atom. The molecular formula is C16H22N2O2. The van der Waals surface area contributed by atoms with Crippen LogP contribution >= 0.6 is 0 Å². The van der Waals surface area contributed by atoms with Crippen LogP contribution in [0.4, 0.5) is 0 Å². The number of ether oxygens (including phenoxy) is 1. The zero-order valence-electron chi connectivity index (χ0n) is 11.9. The second-order valence-electron chi connectivity index (χ2n) is 5.60. The average molecular weight is 274 g/mol. The molecule has 0 radical (unpaired) electrons. The Bertz CT molecular complexity index is 457. The van der Waals surface area contributed by atoms with Crippen LogP contribution in [0.15, 0.2) is 30.3 Å². The molecule has 2 aliphatic heterocycles. The Kier molecular flexibility index (Phi) is 4.03. The van der Waals surface area contributed by atoms with Crippen LogP contribution in [0.3, 0.4) is 0 Å². The first-order valence-electron chi connectivity index (χ1n) is 7.49. The van der Waals surface area contributed by atoms with Crippen LogP contribution in [0, 0.1) is 0 Å². The van der Waals surface area contributed by atoms with Crippen molar-refractivity contribution < 1.29 is 9.53 Å². The minimum absolute atomic E-state index is 0.0945. The van der Waals surface area contributed by atoms with Gasteiger partial charge in [0.1, 0.15) is 0 Å². The zero-order valence-corrected chi connectivity index (χ0v) is 11.9. The van der Waals surface area contributed by atoms with E-state index in [-0.39, 0.29) is 24.2 Å². The van der Waals surface area contributed by atoms with Crippen molar-refractivity contribution >= 4 is 5.91 Å². The number of hydrogen-bond donors (Lipinski definition) is 1. The number of carbonyl (C=O) groups is 1. The maximum atomic E-state index is 12.7. The molecule has 4 heteroatoms. The van der Waals surface area contributed by atoms with Crippen LogP contribution < -0.4 is 5.32 Å². The van der Waals surface area contributed by atoms with Gasteiger partial charge >= 0.3 is 0 Å². The summed E-state index contributed by atoms with van der Waals surface area (Å²) >= 11 is 0. The number of nitrogens with one attached hydrogen (secondary N) is 1. The molecule has 1 amide bonds. The van der Waals surface area contributed by atoms with Crippen molar-refractivity contribution in [1.29, 1.82) is 0 Å². The van der Waals surface area contributed by atoms with Crippen molar-refractivity contribution in [1.82, 2.24) is 10.2 Å². The molecule has 2 heterocycles. The van der Waals surface area contributed by atoms with Gasteiger partial charge in [0.05, 0.1) is 24.9 Å². The maximum absolute atomic E-state index is 12.7. The highest BCUT2D eigenvalue weighted by atomic mass is 16.5. The minimum atomic E-state index is -0.0945. The largest absolute Gasteiger partial charge is 0.379 e. The van der Waals surface area contributed by atoms with Gasteiger partial charge in [-0.2, -0.15) is 0 Å². The summed E-state index contributed by atoms with van der Waals surface area (Å²) in [6.07, 6.45) is 2.82. The Morgan fingerprint density at radius 2 is 2.15 bits per heavy atom. The molecule has 4 nitrogen and oxygen atoms in total. The molecular weight excluding hydrogens is 252 g/mol. The number of rotatable bonds is 4. The van der Waals surface area contributed by atoms with Crippen LogP contribution in [0.5, 0.6) is 0 Å². The molecule has 2 fully saturated rings. The third-order valence-corrected chi connectivity index (χ3v) is 4.25. The lowest BCUT2D eigenvalue weighted by molar-refractivity contribution is -0.132. The van der Waals surface area contributed by atoms with Gasteiger partial charge in [0.25, 0.3) is 0 Å². The highest BCUT2D eigenvalue weighted by Crippen LogP contribution is 2.23. The summed E-state index contributed by atoms with van der Waals surface area (Å²) in [5.41, 5.74) is 1.21. The van der Waals surface area contributed by atoms with Crippen molar-refractivity contribution in [2.45, 2.75) is 44.4 Å².